The van der Waals surface area contributed by atoms with E-state index in [1.165, 1.54) is 35.9 Å². The first-order valence-corrected chi connectivity index (χ1v) is 8.61. The van der Waals surface area contributed by atoms with E-state index in [1.54, 1.807) is 12.1 Å². The summed E-state index contributed by atoms with van der Waals surface area (Å²) in [6.45, 7) is 0. The van der Waals surface area contributed by atoms with Crippen LogP contribution in [0.4, 0.5) is 10.1 Å². The molecule has 1 aliphatic rings. The SMILES string of the molecule is O=C1CC=C(c2cc3nccc(Oc4ccc([N+](=O)[O-])cc4F)c3s2)C=N1. The third-order valence-electron chi connectivity index (χ3n) is 3.85. The Labute approximate surface area is 155 Å². The molecule has 0 atom stereocenters. The molecule has 0 unspecified atom stereocenters. The number of nitro groups is 1. The fourth-order valence-electron chi connectivity index (χ4n) is 2.55. The molecule has 9 heteroatoms. The number of pyridine rings is 1. The summed E-state index contributed by atoms with van der Waals surface area (Å²) in [5, 5.41) is 10.7. The molecule has 1 aliphatic heterocycles. The number of allylic oxidation sites excluding steroid dienone is 1. The van der Waals surface area contributed by atoms with Gasteiger partial charge in [0, 0.05) is 41.4 Å². The van der Waals surface area contributed by atoms with Crippen LogP contribution in [0, 0.1) is 15.9 Å². The largest absolute Gasteiger partial charge is 0.453 e. The lowest BCUT2D eigenvalue weighted by Gasteiger charge is -2.07. The molecule has 0 bridgehead atoms. The number of hydrogen-bond acceptors (Lipinski definition) is 6. The van der Waals surface area contributed by atoms with E-state index in [0.717, 1.165) is 16.5 Å². The lowest BCUT2D eigenvalue weighted by Crippen LogP contribution is -1.98. The number of ether oxygens (including phenoxy) is 1. The fourth-order valence-corrected chi connectivity index (χ4v) is 3.62. The van der Waals surface area contributed by atoms with Gasteiger partial charge in [-0.25, -0.2) is 9.38 Å². The van der Waals surface area contributed by atoms with Crippen molar-refractivity contribution < 1.29 is 18.8 Å². The standard InChI is InChI=1S/C18H10FN3O4S/c19-12-7-11(22(24)25)2-3-14(12)26-15-5-6-20-13-8-16(27-18(13)15)10-1-4-17(23)21-9-10/h1-3,5-9H,4H2. The van der Waals surface area contributed by atoms with Crippen LogP contribution in [0.25, 0.3) is 15.8 Å². The summed E-state index contributed by atoms with van der Waals surface area (Å²) in [4.78, 5) is 30.2. The second-order valence-corrected chi connectivity index (χ2v) is 6.68. The highest BCUT2D eigenvalue weighted by Crippen LogP contribution is 2.38. The third-order valence-corrected chi connectivity index (χ3v) is 5.04. The minimum atomic E-state index is -0.827. The van der Waals surface area contributed by atoms with E-state index >= 15 is 0 Å². The van der Waals surface area contributed by atoms with E-state index in [1.807, 2.05) is 6.07 Å². The van der Waals surface area contributed by atoms with E-state index in [0.29, 0.717) is 16.0 Å². The normalized spacial score (nSPS) is 13.7. The van der Waals surface area contributed by atoms with Crippen LogP contribution in [-0.4, -0.2) is 22.0 Å². The van der Waals surface area contributed by atoms with Crippen molar-refractivity contribution in [3.8, 4) is 11.5 Å². The Morgan fingerprint density at radius 3 is 2.78 bits per heavy atom. The Balaban J connectivity index is 1.70. The van der Waals surface area contributed by atoms with E-state index < -0.39 is 10.7 Å². The van der Waals surface area contributed by atoms with Gasteiger partial charge in [0.25, 0.3) is 5.69 Å². The molecule has 4 rings (SSSR count). The molecule has 3 aromatic rings. The van der Waals surface area contributed by atoms with Gasteiger partial charge < -0.3 is 4.74 Å². The van der Waals surface area contributed by atoms with Crippen LogP contribution in [0.1, 0.15) is 11.3 Å². The Kier molecular flexibility index (Phi) is 4.21. The van der Waals surface area contributed by atoms with Crippen molar-refractivity contribution in [3.05, 3.63) is 63.4 Å². The number of benzene rings is 1. The summed E-state index contributed by atoms with van der Waals surface area (Å²) in [6, 6.07) is 6.64. The van der Waals surface area contributed by atoms with Crippen LogP contribution in [0.15, 0.2) is 47.6 Å². The van der Waals surface area contributed by atoms with Gasteiger partial charge in [-0.15, -0.1) is 11.3 Å². The van der Waals surface area contributed by atoms with Crippen LogP contribution in [0.2, 0.25) is 0 Å². The monoisotopic (exact) mass is 383 g/mol. The highest BCUT2D eigenvalue weighted by atomic mass is 32.1. The zero-order valence-electron chi connectivity index (χ0n) is 13.6. The van der Waals surface area contributed by atoms with Crippen molar-refractivity contribution in [2.75, 3.05) is 0 Å². The molecule has 7 nitrogen and oxygen atoms in total. The van der Waals surface area contributed by atoms with Crippen LogP contribution < -0.4 is 4.74 Å². The quantitative estimate of drug-likeness (QED) is 0.488. The lowest BCUT2D eigenvalue weighted by atomic mass is 10.1. The Bertz CT molecular complexity index is 1150. The molecular weight excluding hydrogens is 373 g/mol. The van der Waals surface area contributed by atoms with Gasteiger partial charge in [0.2, 0.25) is 5.91 Å². The third kappa shape index (κ3) is 3.32. The Morgan fingerprint density at radius 2 is 2.07 bits per heavy atom. The molecule has 1 amide bonds. The van der Waals surface area contributed by atoms with Gasteiger partial charge in [0.1, 0.15) is 5.75 Å². The average Bonchev–Trinajstić information content (AvgIpc) is 3.09. The van der Waals surface area contributed by atoms with Gasteiger partial charge in [-0.05, 0) is 12.1 Å². The number of carbonyl (C=O) groups excluding carboxylic acids is 1. The van der Waals surface area contributed by atoms with Crippen molar-refractivity contribution in [2.45, 2.75) is 6.42 Å². The van der Waals surface area contributed by atoms with E-state index in [-0.39, 0.29) is 23.8 Å². The number of dihydropyridines is 1. The van der Waals surface area contributed by atoms with E-state index in [9.17, 15) is 19.3 Å². The fraction of sp³-hybridized carbons (Fsp3) is 0.0556. The van der Waals surface area contributed by atoms with E-state index in [2.05, 4.69) is 9.98 Å². The highest BCUT2D eigenvalue weighted by Gasteiger charge is 2.16. The lowest BCUT2D eigenvalue weighted by molar-refractivity contribution is -0.385. The molecule has 0 radical (unpaired) electrons. The molecule has 0 saturated heterocycles. The summed E-state index contributed by atoms with van der Waals surface area (Å²) in [5.74, 6) is -0.761. The molecule has 27 heavy (non-hydrogen) atoms. The smallest absolute Gasteiger partial charge is 0.272 e. The first-order chi connectivity index (χ1) is 13.0. The summed E-state index contributed by atoms with van der Waals surface area (Å²) in [5.41, 5.74) is 1.11. The number of carbonyl (C=O) groups is 1. The van der Waals surface area contributed by atoms with Gasteiger partial charge in [-0.2, -0.15) is 0 Å². The van der Waals surface area contributed by atoms with Gasteiger partial charge >= 0.3 is 0 Å². The second kappa shape index (κ2) is 6.69. The van der Waals surface area contributed by atoms with Crippen molar-refractivity contribution in [2.24, 2.45) is 4.99 Å². The minimum absolute atomic E-state index is 0.118. The van der Waals surface area contributed by atoms with E-state index in [4.69, 9.17) is 4.74 Å². The van der Waals surface area contributed by atoms with Gasteiger partial charge in [-0.3, -0.25) is 19.9 Å². The molecule has 0 spiro atoms. The number of amides is 1. The number of hydrogen-bond donors (Lipinski definition) is 0. The second-order valence-electron chi connectivity index (χ2n) is 5.62. The minimum Gasteiger partial charge on any atom is -0.453 e. The topological polar surface area (TPSA) is 94.7 Å². The molecule has 2 aromatic heterocycles. The molecular formula is C18H10FN3O4S. The van der Waals surface area contributed by atoms with Crippen LogP contribution >= 0.6 is 11.3 Å². The van der Waals surface area contributed by atoms with Crippen molar-refractivity contribution in [1.82, 2.24) is 4.98 Å². The highest BCUT2D eigenvalue weighted by molar-refractivity contribution is 7.20. The number of fused-ring (bicyclic) bond motifs is 1. The molecule has 3 heterocycles. The number of thiophene rings is 1. The number of rotatable bonds is 4. The zero-order valence-corrected chi connectivity index (χ0v) is 14.4. The van der Waals surface area contributed by atoms with Crippen LogP contribution in [0.3, 0.4) is 0 Å². The predicted octanol–water partition coefficient (Wildman–Crippen LogP) is 4.52. The molecule has 0 fully saturated rings. The number of halogens is 1. The first-order valence-electron chi connectivity index (χ1n) is 7.79. The zero-order chi connectivity index (χ0) is 19.0. The number of aromatic nitrogens is 1. The maximum Gasteiger partial charge on any atom is 0.272 e. The van der Waals surface area contributed by atoms with Crippen LogP contribution in [-0.2, 0) is 4.79 Å². The number of aliphatic imine (C=N–C) groups is 1. The first kappa shape index (κ1) is 17.0. The van der Waals surface area contributed by atoms with Crippen molar-refractivity contribution in [1.29, 1.82) is 0 Å². The maximum absolute atomic E-state index is 14.1. The van der Waals surface area contributed by atoms with Crippen molar-refractivity contribution in [3.63, 3.8) is 0 Å². The molecule has 0 aliphatic carbocycles. The van der Waals surface area contributed by atoms with Gasteiger partial charge in [-0.1, -0.05) is 6.08 Å². The number of nitro benzene ring substituents is 1. The summed E-state index contributed by atoms with van der Waals surface area (Å²) in [6.07, 6.45) is 5.07. The van der Waals surface area contributed by atoms with Crippen LogP contribution in [0.5, 0.6) is 11.5 Å². The van der Waals surface area contributed by atoms with Crippen molar-refractivity contribution >= 4 is 44.9 Å². The Hall–Kier alpha value is -3.46. The molecule has 1 aromatic carbocycles. The van der Waals surface area contributed by atoms with Gasteiger partial charge in [0.05, 0.1) is 21.2 Å². The number of nitrogens with zero attached hydrogens (tertiary/aromatic N) is 3. The molecule has 0 N–H and O–H groups in total. The predicted molar refractivity (Wildman–Crippen MR) is 98.8 cm³/mol. The molecule has 0 saturated carbocycles. The Morgan fingerprint density at radius 1 is 1.22 bits per heavy atom. The number of non-ortho nitro benzene ring substituents is 1. The summed E-state index contributed by atoms with van der Waals surface area (Å²) < 4.78 is 20.5. The molecule has 134 valence electrons. The summed E-state index contributed by atoms with van der Waals surface area (Å²) >= 11 is 1.38. The maximum atomic E-state index is 14.1. The van der Waals surface area contributed by atoms with Gasteiger partial charge in [0.15, 0.2) is 11.6 Å². The summed E-state index contributed by atoms with van der Waals surface area (Å²) in [7, 11) is 0. The average molecular weight is 383 g/mol.